The number of halogens is 1. The fraction of sp³-hybridized carbons (Fsp3) is 0.333. The lowest BCUT2D eigenvalue weighted by Gasteiger charge is -2.06. The molecule has 1 aromatic heterocycles. The number of fused-ring (bicyclic) bond motifs is 1. The third-order valence-corrected chi connectivity index (χ3v) is 4.06. The zero-order valence-electron chi connectivity index (χ0n) is 9.29. The van der Waals surface area contributed by atoms with E-state index in [0.717, 1.165) is 28.1 Å². The van der Waals surface area contributed by atoms with E-state index in [0.29, 0.717) is 10.7 Å². The van der Waals surface area contributed by atoms with Crippen molar-refractivity contribution in [2.45, 2.75) is 19.8 Å². The summed E-state index contributed by atoms with van der Waals surface area (Å²) in [5, 5.41) is 4.43. The first-order valence-electron chi connectivity index (χ1n) is 5.51. The lowest BCUT2D eigenvalue weighted by molar-refractivity contribution is -0.117. The van der Waals surface area contributed by atoms with Gasteiger partial charge in [-0.15, -0.1) is 11.3 Å². The first-order valence-corrected chi connectivity index (χ1v) is 6.71. The van der Waals surface area contributed by atoms with E-state index >= 15 is 0 Å². The molecule has 1 aliphatic rings. The van der Waals surface area contributed by atoms with Crippen LogP contribution in [0.4, 0.5) is 5.69 Å². The highest BCUT2D eigenvalue weighted by Crippen LogP contribution is 2.36. The van der Waals surface area contributed by atoms with Gasteiger partial charge in [0.25, 0.3) is 0 Å². The number of nitrogens with one attached hydrogen (secondary N) is 1. The molecule has 1 aromatic carbocycles. The number of rotatable bonds is 2. The Labute approximate surface area is 108 Å². The molecule has 0 bridgehead atoms. The molecule has 0 atom stereocenters. The topological polar surface area (TPSA) is 42.0 Å². The lowest BCUT2D eigenvalue weighted by Crippen LogP contribution is -2.13. The highest BCUT2D eigenvalue weighted by Gasteiger charge is 2.30. The first kappa shape index (κ1) is 11.0. The van der Waals surface area contributed by atoms with Crippen LogP contribution in [0.3, 0.4) is 0 Å². The van der Waals surface area contributed by atoms with E-state index in [1.54, 1.807) is 11.3 Å². The third kappa shape index (κ3) is 2.03. The van der Waals surface area contributed by atoms with Crippen LogP contribution in [0, 0.1) is 12.8 Å². The van der Waals surface area contributed by atoms with E-state index in [9.17, 15) is 4.79 Å². The minimum atomic E-state index is 0.0602. The Morgan fingerprint density at radius 3 is 3.00 bits per heavy atom. The van der Waals surface area contributed by atoms with Gasteiger partial charge in [0.2, 0.25) is 5.91 Å². The maximum Gasteiger partial charge on any atom is 0.227 e. The van der Waals surface area contributed by atoms with Crippen LogP contribution in [0.2, 0.25) is 5.02 Å². The zero-order valence-corrected chi connectivity index (χ0v) is 10.9. The van der Waals surface area contributed by atoms with Gasteiger partial charge in [-0.3, -0.25) is 4.79 Å². The summed E-state index contributed by atoms with van der Waals surface area (Å²) in [6, 6.07) is 3.75. The molecule has 0 unspecified atom stereocenters. The normalized spacial score (nSPS) is 15.2. The molecular formula is C12H11ClN2OS. The predicted molar refractivity (Wildman–Crippen MR) is 70.7 cm³/mol. The fourth-order valence-corrected chi connectivity index (χ4v) is 2.81. The average molecular weight is 267 g/mol. The number of benzene rings is 1. The molecule has 0 spiro atoms. The van der Waals surface area contributed by atoms with E-state index in [4.69, 9.17) is 11.6 Å². The molecule has 88 valence electrons. The van der Waals surface area contributed by atoms with Gasteiger partial charge in [-0.2, -0.15) is 0 Å². The molecule has 0 saturated heterocycles. The monoisotopic (exact) mass is 266 g/mol. The van der Waals surface area contributed by atoms with Crippen LogP contribution in [0.1, 0.15) is 17.8 Å². The minimum absolute atomic E-state index is 0.0602. The molecule has 3 nitrogen and oxygen atoms in total. The second kappa shape index (κ2) is 3.96. The van der Waals surface area contributed by atoms with Crippen molar-refractivity contribution in [3.63, 3.8) is 0 Å². The number of aryl methyl sites for hydroxylation is 1. The van der Waals surface area contributed by atoms with Crippen molar-refractivity contribution in [1.82, 2.24) is 4.98 Å². The number of hydrogen-bond acceptors (Lipinski definition) is 3. The van der Waals surface area contributed by atoms with Crippen LogP contribution in [0.25, 0.3) is 10.2 Å². The van der Waals surface area contributed by atoms with Gasteiger partial charge in [0.15, 0.2) is 0 Å². The van der Waals surface area contributed by atoms with Crippen molar-refractivity contribution < 1.29 is 4.79 Å². The van der Waals surface area contributed by atoms with Gasteiger partial charge in [-0.25, -0.2) is 4.98 Å². The Kier molecular flexibility index (Phi) is 2.56. The second-order valence-corrected chi connectivity index (χ2v) is 5.91. The minimum Gasteiger partial charge on any atom is -0.323 e. The smallest absolute Gasteiger partial charge is 0.227 e. The number of aromatic nitrogens is 1. The number of nitrogens with zero attached hydrogens (tertiary/aromatic N) is 1. The van der Waals surface area contributed by atoms with E-state index in [1.165, 1.54) is 0 Å². The SMILES string of the molecule is Cc1nc2c(NC(=O)C3CC3)c(Cl)ccc2s1. The molecular weight excluding hydrogens is 256 g/mol. The van der Waals surface area contributed by atoms with E-state index in [2.05, 4.69) is 10.3 Å². The van der Waals surface area contributed by atoms with Crippen LogP contribution in [0.15, 0.2) is 12.1 Å². The molecule has 2 aromatic rings. The number of thiazole rings is 1. The number of hydrogen-bond donors (Lipinski definition) is 1. The molecule has 17 heavy (non-hydrogen) atoms. The number of anilines is 1. The van der Waals surface area contributed by atoms with Crippen LogP contribution < -0.4 is 5.32 Å². The Morgan fingerprint density at radius 1 is 1.53 bits per heavy atom. The Bertz CT molecular complexity index is 604. The van der Waals surface area contributed by atoms with Crippen molar-refractivity contribution in [1.29, 1.82) is 0 Å². The maximum atomic E-state index is 11.8. The van der Waals surface area contributed by atoms with Crippen LogP contribution in [0.5, 0.6) is 0 Å². The molecule has 1 aliphatic carbocycles. The molecule has 1 fully saturated rings. The average Bonchev–Trinajstić information content (AvgIpc) is 3.05. The van der Waals surface area contributed by atoms with E-state index in [-0.39, 0.29) is 11.8 Å². The summed E-state index contributed by atoms with van der Waals surface area (Å²) in [6.45, 7) is 1.95. The van der Waals surface area contributed by atoms with Crippen molar-refractivity contribution in [2.75, 3.05) is 5.32 Å². The van der Waals surface area contributed by atoms with Gasteiger partial charge in [-0.1, -0.05) is 11.6 Å². The number of amides is 1. The first-order chi connectivity index (χ1) is 8.15. The second-order valence-electron chi connectivity index (χ2n) is 4.27. The largest absolute Gasteiger partial charge is 0.323 e. The van der Waals surface area contributed by atoms with Gasteiger partial charge >= 0.3 is 0 Å². The van der Waals surface area contributed by atoms with E-state index in [1.807, 2.05) is 19.1 Å². The summed E-state index contributed by atoms with van der Waals surface area (Å²) in [5.41, 5.74) is 1.46. The molecule has 1 heterocycles. The van der Waals surface area contributed by atoms with Crippen molar-refractivity contribution >= 4 is 44.7 Å². The lowest BCUT2D eigenvalue weighted by atomic mass is 10.2. The van der Waals surface area contributed by atoms with Crippen LogP contribution >= 0.6 is 22.9 Å². The third-order valence-electron chi connectivity index (χ3n) is 2.81. The number of carbonyl (C=O) groups excluding carboxylic acids is 1. The summed E-state index contributed by atoms with van der Waals surface area (Å²) >= 11 is 7.74. The molecule has 1 saturated carbocycles. The summed E-state index contributed by atoms with van der Waals surface area (Å²) in [7, 11) is 0. The highest BCUT2D eigenvalue weighted by molar-refractivity contribution is 7.18. The molecule has 1 N–H and O–H groups in total. The Hall–Kier alpha value is -1.13. The van der Waals surface area contributed by atoms with Crippen molar-refractivity contribution in [3.05, 3.63) is 22.2 Å². The number of carbonyl (C=O) groups is 1. The molecule has 0 radical (unpaired) electrons. The molecule has 1 amide bonds. The Morgan fingerprint density at radius 2 is 2.29 bits per heavy atom. The van der Waals surface area contributed by atoms with Gasteiger partial charge in [0, 0.05) is 5.92 Å². The summed E-state index contributed by atoms with van der Waals surface area (Å²) in [5.74, 6) is 0.228. The molecule has 5 heteroatoms. The quantitative estimate of drug-likeness (QED) is 0.902. The molecule has 0 aliphatic heterocycles. The van der Waals surface area contributed by atoms with E-state index < -0.39 is 0 Å². The van der Waals surface area contributed by atoms with Gasteiger partial charge in [0.05, 0.1) is 20.4 Å². The van der Waals surface area contributed by atoms with Gasteiger partial charge in [-0.05, 0) is 31.9 Å². The molecule has 3 rings (SSSR count). The van der Waals surface area contributed by atoms with Crippen LogP contribution in [-0.4, -0.2) is 10.9 Å². The van der Waals surface area contributed by atoms with Gasteiger partial charge < -0.3 is 5.32 Å². The highest BCUT2D eigenvalue weighted by atomic mass is 35.5. The van der Waals surface area contributed by atoms with Crippen molar-refractivity contribution in [2.24, 2.45) is 5.92 Å². The van der Waals surface area contributed by atoms with Crippen molar-refractivity contribution in [3.8, 4) is 0 Å². The fourth-order valence-electron chi connectivity index (χ4n) is 1.77. The standard InChI is InChI=1S/C12H11ClN2OS/c1-6-14-11-9(17-6)5-4-8(13)10(11)15-12(16)7-2-3-7/h4-5,7H,2-3H2,1H3,(H,15,16). The summed E-state index contributed by atoms with van der Waals surface area (Å²) in [6.07, 6.45) is 1.96. The zero-order chi connectivity index (χ0) is 12.0. The Balaban J connectivity index is 2.05. The predicted octanol–water partition coefficient (Wildman–Crippen LogP) is 3.61. The van der Waals surface area contributed by atoms with Crippen LogP contribution in [-0.2, 0) is 4.79 Å². The summed E-state index contributed by atoms with van der Waals surface area (Å²) in [4.78, 5) is 16.2. The maximum absolute atomic E-state index is 11.8. The van der Waals surface area contributed by atoms with Gasteiger partial charge in [0.1, 0.15) is 5.52 Å². The summed E-state index contributed by atoms with van der Waals surface area (Å²) < 4.78 is 1.05.